The maximum Gasteiger partial charge on any atom is 0.120 e. The van der Waals surface area contributed by atoms with Crippen LogP contribution >= 0.6 is 22.7 Å². The molecule has 0 atom stereocenters. The molecule has 3 heteroatoms. The summed E-state index contributed by atoms with van der Waals surface area (Å²) in [5, 5.41) is 4.19. The molecule has 0 bridgehead atoms. The normalized spacial score (nSPS) is 10.5. The fraction of sp³-hybridized carbons (Fsp3) is 0.0667. The maximum absolute atomic E-state index is 5.40. The lowest BCUT2D eigenvalue weighted by molar-refractivity contribution is 0.415. The number of thiophene rings is 2. The molecule has 3 aromatic rings. The summed E-state index contributed by atoms with van der Waals surface area (Å²) >= 11 is 3.50. The van der Waals surface area contributed by atoms with Crippen LogP contribution in [0, 0.1) is 0 Å². The molecule has 0 saturated heterocycles. The first-order chi connectivity index (χ1) is 8.86. The predicted molar refractivity (Wildman–Crippen MR) is 79.6 cm³/mol. The minimum atomic E-state index is 0.907. The Morgan fingerprint density at radius 2 is 1.39 bits per heavy atom. The molecular formula is C15H12OS2. The molecule has 1 aromatic carbocycles. The third-order valence-electron chi connectivity index (χ3n) is 2.75. The smallest absolute Gasteiger partial charge is 0.120 e. The van der Waals surface area contributed by atoms with Crippen LogP contribution in [0.1, 0.15) is 0 Å². The van der Waals surface area contributed by atoms with E-state index in [9.17, 15) is 0 Å². The predicted octanol–water partition coefficient (Wildman–Crippen LogP) is 5.15. The fourth-order valence-corrected chi connectivity index (χ4v) is 3.32. The zero-order valence-electron chi connectivity index (χ0n) is 9.92. The number of rotatable bonds is 3. The van der Waals surface area contributed by atoms with Crippen molar-refractivity contribution in [3.05, 3.63) is 53.2 Å². The number of benzene rings is 1. The molecule has 0 aliphatic carbocycles. The van der Waals surface area contributed by atoms with E-state index in [1.165, 1.54) is 20.9 Å². The summed E-state index contributed by atoms with van der Waals surface area (Å²) in [4.78, 5) is 2.54. The Kier molecular flexibility index (Phi) is 3.17. The minimum absolute atomic E-state index is 0.907. The Morgan fingerprint density at radius 1 is 0.833 bits per heavy atom. The third kappa shape index (κ3) is 2.19. The zero-order valence-corrected chi connectivity index (χ0v) is 11.6. The van der Waals surface area contributed by atoms with Crippen LogP contribution in [0.25, 0.3) is 20.9 Å². The fourth-order valence-electron chi connectivity index (χ4n) is 1.89. The molecule has 0 fully saturated rings. The van der Waals surface area contributed by atoms with Gasteiger partial charge in [0, 0.05) is 9.75 Å². The minimum Gasteiger partial charge on any atom is -0.497 e. The molecule has 2 heterocycles. The standard InChI is InChI=1S/C15H12OS2/c1-16-13-9-11(14-4-2-6-17-14)8-12(10-13)15-5-3-7-18-15/h2-10H,1H3. The quantitative estimate of drug-likeness (QED) is 0.640. The van der Waals surface area contributed by atoms with Gasteiger partial charge in [0.25, 0.3) is 0 Å². The average molecular weight is 272 g/mol. The Labute approximate surface area is 114 Å². The van der Waals surface area contributed by atoms with Crippen LogP contribution in [-0.2, 0) is 0 Å². The van der Waals surface area contributed by atoms with Gasteiger partial charge in [-0.2, -0.15) is 0 Å². The van der Waals surface area contributed by atoms with Crippen LogP contribution in [0.15, 0.2) is 53.2 Å². The molecule has 0 spiro atoms. The van der Waals surface area contributed by atoms with Crippen LogP contribution in [0.2, 0.25) is 0 Å². The lowest BCUT2D eigenvalue weighted by atomic mass is 10.1. The summed E-state index contributed by atoms with van der Waals surface area (Å²) in [5.74, 6) is 0.907. The summed E-state index contributed by atoms with van der Waals surface area (Å²) in [6.07, 6.45) is 0. The molecule has 0 N–H and O–H groups in total. The van der Waals surface area contributed by atoms with Crippen molar-refractivity contribution < 1.29 is 4.74 Å². The van der Waals surface area contributed by atoms with Crippen molar-refractivity contribution in [2.24, 2.45) is 0 Å². The van der Waals surface area contributed by atoms with Crippen molar-refractivity contribution in [2.75, 3.05) is 7.11 Å². The summed E-state index contributed by atoms with van der Waals surface area (Å²) in [6.45, 7) is 0. The van der Waals surface area contributed by atoms with E-state index in [1.54, 1.807) is 29.8 Å². The molecule has 0 amide bonds. The maximum atomic E-state index is 5.40. The van der Waals surface area contributed by atoms with Crippen molar-refractivity contribution >= 4 is 22.7 Å². The summed E-state index contributed by atoms with van der Waals surface area (Å²) in [5.41, 5.74) is 2.43. The number of methoxy groups -OCH3 is 1. The van der Waals surface area contributed by atoms with E-state index in [4.69, 9.17) is 4.74 Å². The van der Waals surface area contributed by atoms with Gasteiger partial charge in [0.2, 0.25) is 0 Å². The van der Waals surface area contributed by atoms with E-state index < -0.39 is 0 Å². The highest BCUT2D eigenvalue weighted by Gasteiger charge is 2.06. The average Bonchev–Trinajstić information content (AvgIpc) is 3.10. The molecule has 2 aromatic heterocycles. The Balaban J connectivity index is 2.13. The third-order valence-corrected chi connectivity index (χ3v) is 4.59. The number of hydrogen-bond acceptors (Lipinski definition) is 3. The molecule has 0 saturated carbocycles. The number of hydrogen-bond donors (Lipinski definition) is 0. The van der Waals surface area contributed by atoms with Gasteiger partial charge in [-0.1, -0.05) is 12.1 Å². The van der Waals surface area contributed by atoms with Gasteiger partial charge in [0.1, 0.15) is 5.75 Å². The Morgan fingerprint density at radius 3 is 1.78 bits per heavy atom. The van der Waals surface area contributed by atoms with Crippen LogP contribution in [0.3, 0.4) is 0 Å². The van der Waals surface area contributed by atoms with Gasteiger partial charge in [0.15, 0.2) is 0 Å². The first-order valence-corrected chi connectivity index (χ1v) is 7.39. The second-order valence-corrected chi connectivity index (χ2v) is 5.80. The van der Waals surface area contributed by atoms with Crippen LogP contribution in [0.5, 0.6) is 5.75 Å². The van der Waals surface area contributed by atoms with Crippen molar-refractivity contribution in [2.45, 2.75) is 0 Å². The summed E-state index contributed by atoms with van der Waals surface area (Å²) < 4.78 is 5.40. The van der Waals surface area contributed by atoms with Gasteiger partial charge in [0.05, 0.1) is 7.11 Å². The highest BCUT2D eigenvalue weighted by molar-refractivity contribution is 7.14. The van der Waals surface area contributed by atoms with E-state index in [0.29, 0.717) is 0 Å². The molecular weight excluding hydrogens is 260 g/mol. The van der Waals surface area contributed by atoms with E-state index in [1.807, 2.05) is 0 Å². The van der Waals surface area contributed by atoms with Gasteiger partial charge < -0.3 is 4.74 Å². The molecule has 3 rings (SSSR count). The second kappa shape index (κ2) is 4.96. The van der Waals surface area contributed by atoms with Crippen LogP contribution in [0.4, 0.5) is 0 Å². The molecule has 0 aliphatic rings. The molecule has 90 valence electrons. The van der Waals surface area contributed by atoms with Gasteiger partial charge in [-0.25, -0.2) is 0 Å². The topological polar surface area (TPSA) is 9.23 Å². The van der Waals surface area contributed by atoms with E-state index >= 15 is 0 Å². The van der Waals surface area contributed by atoms with Gasteiger partial charge >= 0.3 is 0 Å². The molecule has 0 radical (unpaired) electrons. The van der Waals surface area contributed by atoms with Gasteiger partial charge in [-0.3, -0.25) is 0 Å². The zero-order chi connectivity index (χ0) is 12.4. The molecule has 1 nitrogen and oxygen atoms in total. The molecule has 18 heavy (non-hydrogen) atoms. The van der Waals surface area contributed by atoms with Crippen LogP contribution in [-0.4, -0.2) is 7.11 Å². The van der Waals surface area contributed by atoms with Crippen LogP contribution < -0.4 is 4.74 Å². The SMILES string of the molecule is COc1cc(-c2cccs2)cc(-c2cccs2)c1. The van der Waals surface area contributed by atoms with Crippen molar-refractivity contribution in [3.63, 3.8) is 0 Å². The monoisotopic (exact) mass is 272 g/mol. The highest BCUT2D eigenvalue weighted by Crippen LogP contribution is 2.34. The van der Waals surface area contributed by atoms with Gasteiger partial charge in [-0.15, -0.1) is 22.7 Å². The lowest BCUT2D eigenvalue weighted by Crippen LogP contribution is -1.85. The summed E-state index contributed by atoms with van der Waals surface area (Å²) in [6, 6.07) is 14.8. The van der Waals surface area contributed by atoms with Crippen molar-refractivity contribution in [1.82, 2.24) is 0 Å². The van der Waals surface area contributed by atoms with E-state index in [-0.39, 0.29) is 0 Å². The Bertz CT molecular complexity index is 572. The first-order valence-electron chi connectivity index (χ1n) is 5.63. The largest absolute Gasteiger partial charge is 0.497 e. The number of ether oxygens (including phenoxy) is 1. The second-order valence-electron chi connectivity index (χ2n) is 3.90. The first kappa shape index (κ1) is 11.5. The van der Waals surface area contributed by atoms with Gasteiger partial charge in [-0.05, 0) is 52.2 Å². The van der Waals surface area contributed by atoms with Crippen molar-refractivity contribution in [1.29, 1.82) is 0 Å². The molecule has 0 unspecified atom stereocenters. The highest BCUT2D eigenvalue weighted by atomic mass is 32.1. The Hall–Kier alpha value is -1.58. The van der Waals surface area contributed by atoms with E-state index in [0.717, 1.165) is 5.75 Å². The van der Waals surface area contributed by atoms with E-state index in [2.05, 4.69) is 53.2 Å². The summed E-state index contributed by atoms with van der Waals surface area (Å²) in [7, 11) is 1.71. The van der Waals surface area contributed by atoms with Crippen molar-refractivity contribution in [3.8, 4) is 26.6 Å². The molecule has 0 aliphatic heterocycles. The lowest BCUT2D eigenvalue weighted by Gasteiger charge is -2.07.